The molecule has 0 aromatic heterocycles. The van der Waals surface area contributed by atoms with Crippen LogP contribution in [-0.4, -0.2) is 11.0 Å². The quantitative estimate of drug-likeness (QED) is 0.675. The number of nitrogens with one attached hydrogen (secondary N) is 2. The van der Waals surface area contributed by atoms with Gasteiger partial charge in [0.15, 0.2) is 5.11 Å². The molecular formula is C16H12N2O2S. The molecule has 1 aliphatic heterocycles. The second-order valence-electron chi connectivity index (χ2n) is 4.45. The van der Waals surface area contributed by atoms with E-state index in [1.807, 2.05) is 54.6 Å². The number of thiocarbonyl (C=S) groups is 1. The Kier molecular flexibility index (Phi) is 3.66. The zero-order valence-electron chi connectivity index (χ0n) is 11.0. The average Bonchev–Trinajstić information content (AvgIpc) is 2.78. The van der Waals surface area contributed by atoms with E-state index >= 15 is 0 Å². The molecule has 104 valence electrons. The summed E-state index contributed by atoms with van der Waals surface area (Å²) in [6.45, 7) is 0. The van der Waals surface area contributed by atoms with Crippen LogP contribution >= 0.6 is 12.2 Å². The Hall–Kier alpha value is -2.66. The largest absolute Gasteiger partial charge is 0.457 e. The van der Waals surface area contributed by atoms with E-state index in [0.717, 1.165) is 11.3 Å². The number of para-hydroxylation sites is 1. The lowest BCUT2D eigenvalue weighted by Gasteiger charge is -2.06. The van der Waals surface area contributed by atoms with Gasteiger partial charge in [0.2, 0.25) is 0 Å². The van der Waals surface area contributed by atoms with Gasteiger partial charge in [0.05, 0.1) is 0 Å². The Balaban J connectivity index is 1.82. The predicted molar refractivity (Wildman–Crippen MR) is 84.8 cm³/mol. The van der Waals surface area contributed by atoms with Gasteiger partial charge < -0.3 is 10.1 Å². The minimum atomic E-state index is -0.227. The Morgan fingerprint density at radius 2 is 1.71 bits per heavy atom. The first-order chi connectivity index (χ1) is 10.2. The fraction of sp³-hybridized carbons (Fsp3) is 0. The van der Waals surface area contributed by atoms with Crippen LogP contribution < -0.4 is 15.4 Å². The second kappa shape index (κ2) is 5.76. The van der Waals surface area contributed by atoms with E-state index < -0.39 is 0 Å². The Labute approximate surface area is 127 Å². The molecule has 0 aliphatic carbocycles. The van der Waals surface area contributed by atoms with Crippen LogP contribution in [0.3, 0.4) is 0 Å². The van der Waals surface area contributed by atoms with Gasteiger partial charge in [-0.3, -0.25) is 10.1 Å². The zero-order valence-corrected chi connectivity index (χ0v) is 11.8. The average molecular weight is 296 g/mol. The molecule has 3 rings (SSSR count). The van der Waals surface area contributed by atoms with Crippen LogP contribution in [0, 0.1) is 0 Å². The highest BCUT2D eigenvalue weighted by atomic mass is 32.1. The standard InChI is InChI=1S/C16H12N2O2S/c19-15-14(17-16(21)18-15)10-11-5-4-8-13(9-11)20-12-6-2-1-3-7-12/h1-10H,(H2,17,18,19,21). The molecule has 1 aliphatic rings. The number of carbonyl (C=O) groups is 1. The maximum atomic E-state index is 11.6. The van der Waals surface area contributed by atoms with Crippen molar-refractivity contribution in [2.24, 2.45) is 0 Å². The lowest BCUT2D eigenvalue weighted by atomic mass is 10.2. The Morgan fingerprint density at radius 3 is 2.43 bits per heavy atom. The van der Waals surface area contributed by atoms with Crippen molar-refractivity contribution in [3.63, 3.8) is 0 Å². The predicted octanol–water partition coefficient (Wildman–Crippen LogP) is 2.82. The van der Waals surface area contributed by atoms with Gasteiger partial charge in [-0.25, -0.2) is 0 Å². The summed E-state index contributed by atoms with van der Waals surface area (Å²) >= 11 is 4.89. The number of benzene rings is 2. The molecule has 0 radical (unpaired) electrons. The summed E-state index contributed by atoms with van der Waals surface area (Å²) in [5.74, 6) is 1.24. The maximum Gasteiger partial charge on any atom is 0.273 e. The van der Waals surface area contributed by atoms with Crippen molar-refractivity contribution >= 4 is 29.3 Å². The van der Waals surface area contributed by atoms with Crippen LogP contribution in [0.15, 0.2) is 60.3 Å². The molecule has 1 saturated heterocycles. The lowest BCUT2D eigenvalue weighted by molar-refractivity contribution is -0.115. The minimum Gasteiger partial charge on any atom is -0.457 e. The molecule has 0 spiro atoms. The van der Waals surface area contributed by atoms with Gasteiger partial charge in [-0.05, 0) is 48.1 Å². The maximum absolute atomic E-state index is 11.6. The SMILES string of the molecule is O=C1NC(=S)NC1=Cc1cccc(Oc2ccccc2)c1. The first kappa shape index (κ1) is 13.3. The van der Waals surface area contributed by atoms with Crippen molar-refractivity contribution < 1.29 is 9.53 Å². The number of hydrogen-bond donors (Lipinski definition) is 2. The summed E-state index contributed by atoms with van der Waals surface area (Å²) in [6, 6.07) is 17.0. The number of amides is 1. The molecule has 2 aromatic carbocycles. The molecule has 1 amide bonds. The van der Waals surface area contributed by atoms with Crippen LogP contribution in [0.5, 0.6) is 11.5 Å². The highest BCUT2D eigenvalue weighted by Crippen LogP contribution is 2.22. The first-order valence-corrected chi connectivity index (χ1v) is 6.78. The molecule has 0 unspecified atom stereocenters. The molecule has 2 aromatic rings. The molecule has 4 nitrogen and oxygen atoms in total. The van der Waals surface area contributed by atoms with Crippen molar-refractivity contribution in [2.45, 2.75) is 0 Å². The molecule has 1 fully saturated rings. The van der Waals surface area contributed by atoms with E-state index in [4.69, 9.17) is 17.0 Å². The van der Waals surface area contributed by atoms with Crippen LogP contribution in [0.1, 0.15) is 5.56 Å². The van der Waals surface area contributed by atoms with E-state index in [0.29, 0.717) is 16.6 Å². The normalized spacial score (nSPS) is 15.7. The van der Waals surface area contributed by atoms with Crippen molar-refractivity contribution in [3.8, 4) is 11.5 Å². The Bertz CT molecular complexity index is 726. The molecule has 21 heavy (non-hydrogen) atoms. The third kappa shape index (κ3) is 3.27. The molecule has 2 N–H and O–H groups in total. The van der Waals surface area contributed by atoms with E-state index in [9.17, 15) is 4.79 Å². The molecule has 0 saturated carbocycles. The topological polar surface area (TPSA) is 50.4 Å². The van der Waals surface area contributed by atoms with Crippen LogP contribution in [0.25, 0.3) is 6.08 Å². The van der Waals surface area contributed by atoms with Crippen molar-refractivity contribution in [3.05, 3.63) is 65.9 Å². The molecule has 1 heterocycles. The summed E-state index contributed by atoms with van der Waals surface area (Å²) in [5, 5.41) is 5.66. The molecule has 0 atom stereocenters. The summed E-state index contributed by atoms with van der Waals surface area (Å²) in [4.78, 5) is 11.6. The van der Waals surface area contributed by atoms with Gasteiger partial charge in [-0.2, -0.15) is 0 Å². The van der Waals surface area contributed by atoms with E-state index in [-0.39, 0.29) is 5.91 Å². The second-order valence-corrected chi connectivity index (χ2v) is 4.86. The highest BCUT2D eigenvalue weighted by Gasteiger charge is 2.19. The highest BCUT2D eigenvalue weighted by molar-refractivity contribution is 7.80. The van der Waals surface area contributed by atoms with Gasteiger partial charge >= 0.3 is 0 Å². The van der Waals surface area contributed by atoms with E-state index in [2.05, 4.69) is 10.6 Å². The van der Waals surface area contributed by atoms with Gasteiger partial charge in [0.25, 0.3) is 5.91 Å². The molecule has 5 heteroatoms. The summed E-state index contributed by atoms with van der Waals surface area (Å²) in [6.07, 6.45) is 1.73. The lowest BCUT2D eigenvalue weighted by Crippen LogP contribution is -2.21. The Morgan fingerprint density at radius 1 is 0.952 bits per heavy atom. The summed E-state index contributed by atoms with van der Waals surface area (Å²) in [5.41, 5.74) is 1.28. The van der Waals surface area contributed by atoms with Crippen molar-refractivity contribution in [1.29, 1.82) is 0 Å². The number of rotatable bonds is 3. The minimum absolute atomic E-state index is 0.227. The monoisotopic (exact) mass is 296 g/mol. The van der Waals surface area contributed by atoms with Crippen LogP contribution in [0.4, 0.5) is 0 Å². The van der Waals surface area contributed by atoms with Crippen LogP contribution in [-0.2, 0) is 4.79 Å². The van der Waals surface area contributed by atoms with Gasteiger partial charge in [-0.15, -0.1) is 0 Å². The van der Waals surface area contributed by atoms with Gasteiger partial charge in [0, 0.05) is 0 Å². The van der Waals surface area contributed by atoms with Crippen molar-refractivity contribution in [2.75, 3.05) is 0 Å². The molecular weight excluding hydrogens is 284 g/mol. The fourth-order valence-electron chi connectivity index (χ4n) is 1.94. The summed E-state index contributed by atoms with van der Waals surface area (Å²) < 4.78 is 5.76. The van der Waals surface area contributed by atoms with Crippen molar-refractivity contribution in [1.82, 2.24) is 10.6 Å². The third-order valence-electron chi connectivity index (χ3n) is 2.87. The number of carbonyl (C=O) groups excluding carboxylic acids is 1. The van der Waals surface area contributed by atoms with E-state index in [1.54, 1.807) is 6.08 Å². The summed E-state index contributed by atoms with van der Waals surface area (Å²) in [7, 11) is 0. The zero-order chi connectivity index (χ0) is 14.7. The van der Waals surface area contributed by atoms with Gasteiger partial charge in [-0.1, -0.05) is 30.3 Å². The fourth-order valence-corrected chi connectivity index (χ4v) is 2.14. The van der Waals surface area contributed by atoms with Gasteiger partial charge in [0.1, 0.15) is 17.2 Å². The number of ether oxygens (including phenoxy) is 1. The first-order valence-electron chi connectivity index (χ1n) is 6.38. The number of hydrogen-bond acceptors (Lipinski definition) is 3. The van der Waals surface area contributed by atoms with Crippen LogP contribution in [0.2, 0.25) is 0 Å². The smallest absolute Gasteiger partial charge is 0.273 e. The molecule has 0 bridgehead atoms. The third-order valence-corrected chi connectivity index (χ3v) is 3.07. The van der Waals surface area contributed by atoms with E-state index in [1.165, 1.54) is 0 Å².